The van der Waals surface area contributed by atoms with Crippen molar-refractivity contribution in [2.75, 3.05) is 38.3 Å². The fourth-order valence-electron chi connectivity index (χ4n) is 3.08. The van der Waals surface area contributed by atoms with Gasteiger partial charge in [0.1, 0.15) is 5.60 Å². The summed E-state index contributed by atoms with van der Waals surface area (Å²) >= 11 is 0. The monoisotopic (exact) mass is 358 g/mol. The number of nitrogens with zero attached hydrogens (tertiary/aromatic N) is 2. The molecular weight excluding hydrogens is 332 g/mol. The quantitative estimate of drug-likeness (QED) is 0.783. The number of pyridine rings is 1. The lowest BCUT2D eigenvalue weighted by Gasteiger charge is -2.34. The van der Waals surface area contributed by atoms with Crippen molar-refractivity contribution >= 4 is 22.6 Å². The summed E-state index contributed by atoms with van der Waals surface area (Å²) in [5, 5.41) is 0.800. The zero-order valence-corrected chi connectivity index (χ0v) is 15.8. The van der Waals surface area contributed by atoms with Gasteiger partial charge in [0.05, 0.1) is 30.4 Å². The van der Waals surface area contributed by atoms with E-state index in [2.05, 4.69) is 9.88 Å². The highest BCUT2D eigenvalue weighted by Crippen LogP contribution is 2.26. The van der Waals surface area contributed by atoms with Gasteiger partial charge in [0.2, 0.25) is 0 Å². The SMILES string of the molecule is COCC1CN(c2ccc3nccc(C(=O)OC(C)(C)C)c3c2)CCO1. The number of fused-ring (bicyclic) bond motifs is 1. The Morgan fingerprint density at radius 3 is 2.88 bits per heavy atom. The van der Waals surface area contributed by atoms with Gasteiger partial charge in [-0.05, 0) is 45.0 Å². The first kappa shape index (κ1) is 18.6. The molecule has 0 amide bonds. The second kappa shape index (κ2) is 7.60. The van der Waals surface area contributed by atoms with E-state index < -0.39 is 5.60 Å². The van der Waals surface area contributed by atoms with Crippen LogP contribution < -0.4 is 4.90 Å². The minimum absolute atomic E-state index is 0.0451. The van der Waals surface area contributed by atoms with Gasteiger partial charge in [0.15, 0.2) is 0 Å². The van der Waals surface area contributed by atoms with Crippen LogP contribution in [0.5, 0.6) is 0 Å². The van der Waals surface area contributed by atoms with Crippen molar-refractivity contribution in [3.8, 4) is 0 Å². The Balaban J connectivity index is 1.92. The number of esters is 1. The lowest BCUT2D eigenvalue weighted by molar-refractivity contribution is -0.0100. The Hall–Kier alpha value is -2.18. The van der Waals surface area contributed by atoms with E-state index in [4.69, 9.17) is 14.2 Å². The molecule has 1 saturated heterocycles. The first-order chi connectivity index (χ1) is 12.4. The topological polar surface area (TPSA) is 60.9 Å². The molecule has 1 aromatic carbocycles. The lowest BCUT2D eigenvalue weighted by Crippen LogP contribution is -2.44. The van der Waals surface area contributed by atoms with E-state index in [1.54, 1.807) is 19.4 Å². The molecule has 140 valence electrons. The number of morpholine rings is 1. The van der Waals surface area contributed by atoms with Gasteiger partial charge in [-0.2, -0.15) is 0 Å². The summed E-state index contributed by atoms with van der Waals surface area (Å²) in [5.41, 5.74) is 1.81. The van der Waals surface area contributed by atoms with Crippen LogP contribution in [0.2, 0.25) is 0 Å². The molecule has 26 heavy (non-hydrogen) atoms. The molecule has 6 heteroatoms. The summed E-state index contributed by atoms with van der Waals surface area (Å²) < 4.78 is 16.5. The lowest BCUT2D eigenvalue weighted by atomic mass is 10.1. The predicted molar refractivity (Wildman–Crippen MR) is 101 cm³/mol. The normalized spacial score (nSPS) is 18.2. The number of carbonyl (C=O) groups excluding carboxylic acids is 1. The number of hydrogen-bond acceptors (Lipinski definition) is 6. The van der Waals surface area contributed by atoms with Crippen LogP contribution in [0.15, 0.2) is 30.5 Å². The van der Waals surface area contributed by atoms with Crippen molar-refractivity contribution in [2.24, 2.45) is 0 Å². The molecule has 0 spiro atoms. The fourth-order valence-corrected chi connectivity index (χ4v) is 3.08. The van der Waals surface area contributed by atoms with Crippen molar-refractivity contribution in [3.05, 3.63) is 36.0 Å². The maximum atomic E-state index is 12.6. The van der Waals surface area contributed by atoms with Crippen LogP contribution in [-0.4, -0.2) is 56.1 Å². The number of hydrogen-bond donors (Lipinski definition) is 0. The largest absolute Gasteiger partial charge is 0.456 e. The van der Waals surface area contributed by atoms with E-state index >= 15 is 0 Å². The second-order valence-electron chi connectivity index (χ2n) is 7.46. The Bertz CT molecular complexity index is 783. The van der Waals surface area contributed by atoms with Crippen LogP contribution >= 0.6 is 0 Å². The maximum absolute atomic E-state index is 12.6. The number of benzene rings is 1. The third-order valence-electron chi connectivity index (χ3n) is 4.20. The second-order valence-corrected chi connectivity index (χ2v) is 7.46. The third-order valence-corrected chi connectivity index (χ3v) is 4.20. The van der Waals surface area contributed by atoms with E-state index in [1.165, 1.54) is 0 Å². The molecule has 1 atom stereocenters. The average molecular weight is 358 g/mol. The molecule has 0 aliphatic carbocycles. The van der Waals surface area contributed by atoms with Gasteiger partial charge in [0.25, 0.3) is 0 Å². The maximum Gasteiger partial charge on any atom is 0.339 e. The Morgan fingerprint density at radius 1 is 1.35 bits per heavy atom. The molecule has 1 unspecified atom stereocenters. The summed E-state index contributed by atoms with van der Waals surface area (Å²) in [6.07, 6.45) is 1.69. The summed E-state index contributed by atoms with van der Waals surface area (Å²) in [6.45, 7) is 8.36. The molecule has 1 aromatic heterocycles. The standard InChI is InChI=1S/C20H26N2O4/c1-20(2,3)26-19(23)16-7-8-21-18-6-5-14(11-17(16)18)22-9-10-25-15(12-22)13-24-4/h5-8,11,15H,9-10,12-13H2,1-4H3. The molecule has 0 radical (unpaired) electrons. The van der Waals surface area contributed by atoms with Gasteiger partial charge in [-0.25, -0.2) is 4.79 Å². The zero-order valence-electron chi connectivity index (χ0n) is 15.8. The van der Waals surface area contributed by atoms with Crippen LogP contribution in [0.3, 0.4) is 0 Å². The van der Waals surface area contributed by atoms with Crippen molar-refractivity contribution in [1.82, 2.24) is 4.98 Å². The molecule has 1 aliphatic rings. The molecule has 0 bridgehead atoms. The third kappa shape index (κ3) is 4.31. The Labute approximate surface area is 154 Å². The van der Waals surface area contributed by atoms with E-state index in [0.29, 0.717) is 18.8 Å². The number of carbonyl (C=O) groups is 1. The van der Waals surface area contributed by atoms with Crippen molar-refractivity contribution in [2.45, 2.75) is 32.5 Å². The van der Waals surface area contributed by atoms with Gasteiger partial charge in [-0.15, -0.1) is 0 Å². The number of anilines is 1. The van der Waals surface area contributed by atoms with Gasteiger partial charge in [0, 0.05) is 37.5 Å². The van der Waals surface area contributed by atoms with Crippen LogP contribution in [0.4, 0.5) is 5.69 Å². The summed E-state index contributed by atoms with van der Waals surface area (Å²) in [5.74, 6) is -0.332. The molecule has 1 aliphatic heterocycles. The van der Waals surface area contributed by atoms with Gasteiger partial charge in [-0.3, -0.25) is 4.98 Å². The number of ether oxygens (including phenoxy) is 3. The Kier molecular flexibility index (Phi) is 5.44. The molecule has 2 heterocycles. The molecule has 0 N–H and O–H groups in total. The van der Waals surface area contributed by atoms with Crippen LogP contribution in [0, 0.1) is 0 Å². The highest BCUT2D eigenvalue weighted by molar-refractivity contribution is 6.04. The highest BCUT2D eigenvalue weighted by Gasteiger charge is 2.23. The van der Waals surface area contributed by atoms with Gasteiger partial charge in [-0.1, -0.05) is 0 Å². The van der Waals surface area contributed by atoms with Crippen LogP contribution in [0.25, 0.3) is 10.9 Å². The molecule has 6 nitrogen and oxygen atoms in total. The van der Waals surface area contributed by atoms with Crippen LogP contribution in [0.1, 0.15) is 31.1 Å². The van der Waals surface area contributed by atoms with Crippen molar-refractivity contribution < 1.29 is 19.0 Å². The first-order valence-electron chi connectivity index (χ1n) is 8.85. The van der Waals surface area contributed by atoms with Gasteiger partial charge < -0.3 is 19.1 Å². The molecule has 2 aromatic rings. The minimum Gasteiger partial charge on any atom is -0.456 e. The van der Waals surface area contributed by atoms with E-state index in [0.717, 1.165) is 29.7 Å². The number of aromatic nitrogens is 1. The smallest absolute Gasteiger partial charge is 0.339 e. The van der Waals surface area contributed by atoms with E-state index in [1.807, 2.05) is 39.0 Å². The average Bonchev–Trinajstić information content (AvgIpc) is 2.60. The van der Waals surface area contributed by atoms with E-state index in [9.17, 15) is 4.79 Å². The van der Waals surface area contributed by atoms with Crippen LogP contribution in [-0.2, 0) is 14.2 Å². The Morgan fingerprint density at radius 2 is 2.15 bits per heavy atom. The highest BCUT2D eigenvalue weighted by atomic mass is 16.6. The van der Waals surface area contributed by atoms with Gasteiger partial charge >= 0.3 is 5.97 Å². The summed E-state index contributed by atoms with van der Waals surface area (Å²) in [7, 11) is 1.68. The molecule has 1 fully saturated rings. The minimum atomic E-state index is -0.540. The van der Waals surface area contributed by atoms with E-state index in [-0.39, 0.29) is 12.1 Å². The first-order valence-corrected chi connectivity index (χ1v) is 8.85. The van der Waals surface area contributed by atoms with Crippen molar-refractivity contribution in [1.29, 1.82) is 0 Å². The summed E-state index contributed by atoms with van der Waals surface area (Å²) in [6, 6.07) is 7.70. The fraction of sp³-hybridized carbons (Fsp3) is 0.500. The molecule has 0 saturated carbocycles. The van der Waals surface area contributed by atoms with Crippen molar-refractivity contribution in [3.63, 3.8) is 0 Å². The zero-order chi connectivity index (χ0) is 18.7. The number of rotatable bonds is 4. The summed E-state index contributed by atoms with van der Waals surface area (Å²) in [4.78, 5) is 19.2. The molecule has 3 rings (SSSR count). The molecular formula is C20H26N2O4. The number of methoxy groups -OCH3 is 1. The predicted octanol–water partition coefficient (Wildman–Crippen LogP) is 3.04.